The van der Waals surface area contributed by atoms with Crippen LogP contribution in [-0.4, -0.2) is 0 Å². The molecule has 0 spiro atoms. The maximum atomic E-state index is 4.41. The quantitative estimate of drug-likeness (QED) is 0.298. The summed E-state index contributed by atoms with van der Waals surface area (Å²) >= 11 is 4.41. The third-order valence-electron chi connectivity index (χ3n) is 4.89. The fourth-order valence-electron chi connectivity index (χ4n) is 3.46. The molecule has 0 saturated heterocycles. The Morgan fingerprint density at radius 1 is 0.692 bits per heavy atom. The van der Waals surface area contributed by atoms with Gasteiger partial charge in [0.05, 0.1) is 0 Å². The number of halogens is 1. The fourth-order valence-corrected chi connectivity index (χ4v) is 10.3. The zero-order valence-corrected chi connectivity index (χ0v) is 17.7. The van der Waals surface area contributed by atoms with Gasteiger partial charge in [-0.2, -0.15) is 0 Å². The van der Waals surface area contributed by atoms with Crippen LogP contribution in [0.4, 0.5) is 0 Å². The molecule has 0 aromatic heterocycles. The van der Waals surface area contributed by atoms with Crippen LogP contribution in [0.25, 0.3) is 0 Å². The minimum absolute atomic E-state index is 1.10. The SMILES string of the molecule is CCCCC=CP(Br)(c1ccccc1)(c1ccccc1)c1ccccc1. The van der Waals surface area contributed by atoms with Crippen molar-refractivity contribution in [2.24, 2.45) is 0 Å². The van der Waals surface area contributed by atoms with E-state index >= 15 is 0 Å². The van der Waals surface area contributed by atoms with E-state index in [9.17, 15) is 0 Å². The van der Waals surface area contributed by atoms with E-state index in [1.807, 2.05) is 0 Å². The molecule has 26 heavy (non-hydrogen) atoms. The molecule has 0 aliphatic rings. The van der Waals surface area contributed by atoms with Crippen LogP contribution in [0.5, 0.6) is 0 Å². The number of hydrogen-bond acceptors (Lipinski definition) is 0. The summed E-state index contributed by atoms with van der Waals surface area (Å²) in [4.78, 5) is 0. The molecule has 0 aliphatic carbocycles. The van der Waals surface area contributed by atoms with Crippen molar-refractivity contribution in [3.05, 3.63) is 103 Å². The van der Waals surface area contributed by atoms with Crippen molar-refractivity contribution in [1.29, 1.82) is 0 Å². The molecule has 0 aliphatic heterocycles. The molecule has 0 heterocycles. The van der Waals surface area contributed by atoms with Gasteiger partial charge in [-0.15, -0.1) is 0 Å². The fraction of sp³-hybridized carbons (Fsp3) is 0.167. The first-order chi connectivity index (χ1) is 12.7. The molecule has 0 bridgehead atoms. The molecule has 0 saturated carbocycles. The average molecular weight is 425 g/mol. The summed E-state index contributed by atoms with van der Waals surface area (Å²) in [6, 6.07) is 32.7. The first-order valence-corrected chi connectivity index (χ1v) is 13.6. The number of rotatable bonds is 7. The average Bonchev–Trinajstić information content (AvgIpc) is 2.73. The molecule has 134 valence electrons. The molecule has 0 N–H and O–H groups in total. The molecule has 0 radical (unpaired) electrons. The molecule has 0 nitrogen and oxygen atoms in total. The van der Waals surface area contributed by atoms with Gasteiger partial charge in [0, 0.05) is 0 Å². The van der Waals surface area contributed by atoms with E-state index < -0.39 is 5.31 Å². The zero-order chi connectivity index (χ0) is 18.3. The van der Waals surface area contributed by atoms with Crippen LogP contribution >= 0.6 is 20.8 Å². The van der Waals surface area contributed by atoms with Gasteiger partial charge in [-0.05, 0) is 0 Å². The molecule has 3 aromatic rings. The number of allylic oxidation sites excluding steroid dienone is 1. The zero-order valence-electron chi connectivity index (χ0n) is 15.3. The van der Waals surface area contributed by atoms with Crippen LogP contribution in [-0.2, 0) is 0 Å². The molecule has 0 unspecified atom stereocenters. The third-order valence-corrected chi connectivity index (χ3v) is 14.0. The van der Waals surface area contributed by atoms with Crippen molar-refractivity contribution < 1.29 is 0 Å². The second-order valence-corrected chi connectivity index (χ2v) is 15.0. The van der Waals surface area contributed by atoms with Gasteiger partial charge in [0.25, 0.3) is 0 Å². The van der Waals surface area contributed by atoms with Crippen molar-refractivity contribution >= 4 is 36.7 Å². The Kier molecular flexibility index (Phi) is 6.12. The monoisotopic (exact) mass is 424 g/mol. The van der Waals surface area contributed by atoms with E-state index in [1.54, 1.807) is 0 Å². The van der Waals surface area contributed by atoms with E-state index in [4.69, 9.17) is 0 Å². The van der Waals surface area contributed by atoms with Crippen LogP contribution in [0.3, 0.4) is 0 Å². The van der Waals surface area contributed by atoms with Gasteiger partial charge in [-0.25, -0.2) is 0 Å². The van der Waals surface area contributed by atoms with Gasteiger partial charge in [-0.3, -0.25) is 0 Å². The maximum absolute atomic E-state index is 4.41. The van der Waals surface area contributed by atoms with Crippen molar-refractivity contribution in [3.8, 4) is 0 Å². The molecule has 0 atom stereocenters. The van der Waals surface area contributed by atoms with Crippen molar-refractivity contribution in [1.82, 2.24) is 0 Å². The van der Waals surface area contributed by atoms with Crippen LogP contribution in [0.2, 0.25) is 0 Å². The van der Waals surface area contributed by atoms with Gasteiger partial charge >= 0.3 is 166 Å². The Balaban J connectivity index is 2.34. The van der Waals surface area contributed by atoms with E-state index in [0.29, 0.717) is 0 Å². The van der Waals surface area contributed by atoms with Crippen molar-refractivity contribution in [2.75, 3.05) is 0 Å². The standard InChI is InChI=1S/C24H26BrP/c1-2-3-4-14-21-26(25,22-15-8-5-9-16-22,23-17-10-6-11-18-23)24-19-12-7-13-20-24/h5-21H,2-4H2,1H3. The van der Waals surface area contributed by atoms with Crippen LogP contribution in [0.15, 0.2) is 103 Å². The number of unbranched alkanes of at least 4 members (excludes halogenated alkanes) is 2. The van der Waals surface area contributed by atoms with Gasteiger partial charge < -0.3 is 0 Å². The molecular formula is C24H26BrP. The molecule has 0 amide bonds. The van der Waals surface area contributed by atoms with Gasteiger partial charge in [-0.1, -0.05) is 0 Å². The molecule has 2 heteroatoms. The second-order valence-electron chi connectivity index (χ2n) is 6.61. The summed E-state index contributed by atoms with van der Waals surface area (Å²) in [5.41, 5.74) is 0. The summed E-state index contributed by atoms with van der Waals surface area (Å²) in [5.74, 6) is 2.47. The predicted molar refractivity (Wildman–Crippen MR) is 123 cm³/mol. The molecule has 3 rings (SSSR count). The minimum atomic E-state index is -2.85. The van der Waals surface area contributed by atoms with Crippen LogP contribution < -0.4 is 15.9 Å². The Bertz CT molecular complexity index is 742. The summed E-state index contributed by atoms with van der Waals surface area (Å²) in [6.45, 7) is 2.24. The Morgan fingerprint density at radius 3 is 1.42 bits per heavy atom. The normalized spacial score (nSPS) is 13.4. The van der Waals surface area contributed by atoms with Crippen molar-refractivity contribution in [2.45, 2.75) is 26.2 Å². The summed E-state index contributed by atoms with van der Waals surface area (Å²) in [6.07, 6.45) is 5.91. The van der Waals surface area contributed by atoms with Gasteiger partial charge in [0.2, 0.25) is 0 Å². The Labute approximate surface area is 165 Å². The predicted octanol–water partition coefficient (Wildman–Crippen LogP) is 6.53. The van der Waals surface area contributed by atoms with E-state index in [2.05, 4.69) is 125 Å². The first-order valence-electron chi connectivity index (χ1n) is 9.28. The van der Waals surface area contributed by atoms with E-state index in [-0.39, 0.29) is 0 Å². The second kappa shape index (κ2) is 8.33. The molecule has 3 aromatic carbocycles. The Hall–Kier alpha value is -1.69. The summed E-state index contributed by atoms with van der Waals surface area (Å²) in [7, 11) is 0. The number of benzene rings is 3. The van der Waals surface area contributed by atoms with E-state index in [1.165, 1.54) is 28.8 Å². The summed E-state index contributed by atoms with van der Waals surface area (Å²) in [5, 5.41) is 1.16. The molecular weight excluding hydrogens is 399 g/mol. The molecule has 0 fully saturated rings. The van der Waals surface area contributed by atoms with Gasteiger partial charge in [0.15, 0.2) is 0 Å². The first kappa shape index (κ1) is 19.1. The van der Waals surface area contributed by atoms with Crippen LogP contribution in [0, 0.1) is 0 Å². The van der Waals surface area contributed by atoms with Crippen molar-refractivity contribution in [3.63, 3.8) is 0 Å². The van der Waals surface area contributed by atoms with E-state index in [0.717, 1.165) is 6.42 Å². The summed E-state index contributed by atoms with van der Waals surface area (Å²) < 4.78 is 0. The third kappa shape index (κ3) is 3.43. The topological polar surface area (TPSA) is 0 Å². The Morgan fingerprint density at radius 2 is 1.08 bits per heavy atom. The van der Waals surface area contributed by atoms with Crippen LogP contribution in [0.1, 0.15) is 26.2 Å². The number of hydrogen-bond donors (Lipinski definition) is 0. The van der Waals surface area contributed by atoms with Gasteiger partial charge in [0.1, 0.15) is 0 Å².